The lowest BCUT2D eigenvalue weighted by Gasteiger charge is -2.33. The molecule has 1 heterocycles. The second-order valence-electron chi connectivity index (χ2n) is 5.56. The van der Waals surface area contributed by atoms with Gasteiger partial charge in [-0.15, -0.1) is 0 Å². The fraction of sp³-hybridized carbons (Fsp3) is 0.533. The Hall–Kier alpha value is -1.17. The molecular formula is C15H20ClFN2O2. The van der Waals surface area contributed by atoms with Crippen LogP contribution in [0.25, 0.3) is 0 Å². The van der Waals surface area contributed by atoms with Gasteiger partial charge in [0, 0.05) is 12.2 Å². The smallest absolute Gasteiger partial charge is 0.238 e. The molecule has 0 bridgehead atoms. The van der Waals surface area contributed by atoms with Gasteiger partial charge in [-0.05, 0) is 50.4 Å². The maximum Gasteiger partial charge on any atom is 0.238 e. The van der Waals surface area contributed by atoms with Gasteiger partial charge < -0.3 is 10.4 Å². The molecule has 4 nitrogen and oxygen atoms in total. The summed E-state index contributed by atoms with van der Waals surface area (Å²) in [7, 11) is 0. The molecule has 0 aromatic heterocycles. The Morgan fingerprint density at radius 3 is 3.05 bits per heavy atom. The predicted molar refractivity (Wildman–Crippen MR) is 80.9 cm³/mol. The minimum Gasteiger partial charge on any atom is -0.393 e. The highest BCUT2D eigenvalue weighted by molar-refractivity contribution is 6.31. The van der Waals surface area contributed by atoms with Crippen molar-refractivity contribution in [1.82, 2.24) is 4.90 Å². The number of benzene rings is 1. The first-order chi connectivity index (χ1) is 9.95. The summed E-state index contributed by atoms with van der Waals surface area (Å²) < 4.78 is 13.1. The van der Waals surface area contributed by atoms with Crippen LogP contribution in [-0.4, -0.2) is 41.7 Å². The second kappa shape index (κ2) is 7.20. The lowest BCUT2D eigenvalue weighted by atomic mass is 9.93. The quantitative estimate of drug-likeness (QED) is 0.898. The molecule has 1 amide bonds. The van der Waals surface area contributed by atoms with E-state index in [9.17, 15) is 14.3 Å². The Morgan fingerprint density at radius 1 is 1.62 bits per heavy atom. The number of rotatable bonds is 4. The Labute approximate surface area is 128 Å². The van der Waals surface area contributed by atoms with Crippen LogP contribution >= 0.6 is 11.6 Å². The van der Waals surface area contributed by atoms with Crippen molar-refractivity contribution >= 4 is 23.2 Å². The van der Waals surface area contributed by atoms with Crippen LogP contribution < -0.4 is 5.32 Å². The van der Waals surface area contributed by atoms with Gasteiger partial charge in [0.25, 0.3) is 0 Å². The van der Waals surface area contributed by atoms with Crippen LogP contribution in [0.1, 0.15) is 19.8 Å². The third kappa shape index (κ3) is 4.66. The third-order valence-corrected chi connectivity index (χ3v) is 4.08. The molecule has 2 atom stereocenters. The average Bonchev–Trinajstić information content (AvgIpc) is 2.43. The van der Waals surface area contributed by atoms with Gasteiger partial charge in [-0.3, -0.25) is 9.69 Å². The van der Waals surface area contributed by atoms with Gasteiger partial charge in [0.15, 0.2) is 0 Å². The summed E-state index contributed by atoms with van der Waals surface area (Å²) in [5.74, 6) is -0.457. The highest BCUT2D eigenvalue weighted by Crippen LogP contribution is 2.21. The van der Waals surface area contributed by atoms with E-state index in [0.717, 1.165) is 25.9 Å². The number of nitrogens with zero attached hydrogens (tertiary/aromatic N) is 1. The highest BCUT2D eigenvalue weighted by atomic mass is 35.5. The third-order valence-electron chi connectivity index (χ3n) is 3.79. The molecule has 1 aromatic carbocycles. The first-order valence-electron chi connectivity index (χ1n) is 7.11. The number of anilines is 1. The molecule has 6 heteroatoms. The summed E-state index contributed by atoms with van der Waals surface area (Å²) in [5.41, 5.74) is 0.482. The molecule has 21 heavy (non-hydrogen) atoms. The number of hydrogen-bond donors (Lipinski definition) is 2. The Bertz CT molecular complexity index is 510. The topological polar surface area (TPSA) is 52.6 Å². The molecule has 0 aliphatic carbocycles. The summed E-state index contributed by atoms with van der Waals surface area (Å²) >= 11 is 5.68. The van der Waals surface area contributed by atoms with Crippen LogP contribution in [0, 0.1) is 11.7 Å². The average molecular weight is 315 g/mol. The van der Waals surface area contributed by atoms with Crippen LogP contribution in [0.5, 0.6) is 0 Å². The molecule has 116 valence electrons. The second-order valence-corrected chi connectivity index (χ2v) is 5.96. The summed E-state index contributed by atoms with van der Waals surface area (Å²) in [6, 6.07) is 4.10. The number of hydrogen-bond acceptors (Lipinski definition) is 3. The number of carbonyl (C=O) groups excluding carboxylic acids is 1. The Kier molecular flexibility index (Phi) is 5.56. The summed E-state index contributed by atoms with van der Waals surface area (Å²) in [6.07, 6.45) is 1.61. The zero-order valence-corrected chi connectivity index (χ0v) is 12.7. The number of likely N-dealkylation sites (tertiary alicyclic amines) is 1. The largest absolute Gasteiger partial charge is 0.393 e. The first-order valence-corrected chi connectivity index (χ1v) is 7.49. The van der Waals surface area contributed by atoms with Crippen molar-refractivity contribution in [3.8, 4) is 0 Å². The lowest BCUT2D eigenvalue weighted by molar-refractivity contribution is -0.118. The maximum atomic E-state index is 13.1. The van der Waals surface area contributed by atoms with E-state index in [1.165, 1.54) is 18.2 Å². The van der Waals surface area contributed by atoms with Gasteiger partial charge in [-0.1, -0.05) is 11.6 Å². The molecule has 1 fully saturated rings. The summed E-state index contributed by atoms with van der Waals surface area (Å²) in [4.78, 5) is 14.0. The van der Waals surface area contributed by atoms with Gasteiger partial charge >= 0.3 is 0 Å². The summed E-state index contributed by atoms with van der Waals surface area (Å²) in [6.45, 7) is 3.61. The van der Waals surface area contributed by atoms with E-state index in [1.807, 2.05) is 4.90 Å². The van der Waals surface area contributed by atoms with E-state index in [0.29, 0.717) is 5.69 Å². The minimum absolute atomic E-state index is 0.0139. The van der Waals surface area contributed by atoms with Crippen molar-refractivity contribution in [1.29, 1.82) is 0 Å². The zero-order chi connectivity index (χ0) is 15.4. The monoisotopic (exact) mass is 314 g/mol. The Morgan fingerprint density at radius 2 is 2.38 bits per heavy atom. The normalized spacial score (nSPS) is 21.0. The maximum absolute atomic E-state index is 13.1. The number of aliphatic hydroxyl groups excluding tert-OH is 1. The number of piperidine rings is 1. The van der Waals surface area contributed by atoms with Crippen LogP contribution in [-0.2, 0) is 4.79 Å². The number of amides is 1. The van der Waals surface area contributed by atoms with E-state index < -0.39 is 5.82 Å². The molecule has 0 spiro atoms. The van der Waals surface area contributed by atoms with Crippen LogP contribution in [0.3, 0.4) is 0 Å². The standard InChI is InChI=1S/C15H20ClFN2O2/c1-10(20)11-3-2-6-19(8-11)9-15(21)18-12-4-5-14(17)13(16)7-12/h4-5,7,10-11,20H,2-3,6,8-9H2,1H3,(H,18,21). The molecule has 0 saturated carbocycles. The number of aliphatic hydroxyl groups is 1. The zero-order valence-electron chi connectivity index (χ0n) is 12.0. The Balaban J connectivity index is 1.87. The molecular weight excluding hydrogens is 295 g/mol. The molecule has 1 aliphatic heterocycles. The fourth-order valence-corrected chi connectivity index (χ4v) is 2.79. The van der Waals surface area contributed by atoms with Crippen LogP contribution in [0.4, 0.5) is 10.1 Å². The molecule has 2 unspecified atom stereocenters. The molecule has 2 rings (SSSR count). The van der Waals surface area contributed by atoms with Crippen molar-refractivity contribution in [3.05, 3.63) is 29.0 Å². The molecule has 1 aliphatic rings. The van der Waals surface area contributed by atoms with Crippen molar-refractivity contribution < 1.29 is 14.3 Å². The molecule has 2 N–H and O–H groups in total. The molecule has 1 saturated heterocycles. The van der Waals surface area contributed by atoms with Crippen LogP contribution in [0.2, 0.25) is 5.02 Å². The highest BCUT2D eigenvalue weighted by Gasteiger charge is 2.24. The van der Waals surface area contributed by atoms with Gasteiger partial charge in [0.2, 0.25) is 5.91 Å². The van der Waals surface area contributed by atoms with Crippen molar-refractivity contribution in [3.63, 3.8) is 0 Å². The van der Waals surface area contributed by atoms with E-state index >= 15 is 0 Å². The van der Waals surface area contributed by atoms with Crippen molar-refractivity contribution in [2.45, 2.75) is 25.9 Å². The van der Waals surface area contributed by atoms with Gasteiger partial charge in [-0.25, -0.2) is 4.39 Å². The number of nitrogens with one attached hydrogen (secondary N) is 1. The van der Waals surface area contributed by atoms with Crippen LogP contribution in [0.15, 0.2) is 18.2 Å². The summed E-state index contributed by atoms with van der Waals surface area (Å²) in [5, 5.41) is 12.3. The van der Waals surface area contributed by atoms with E-state index in [4.69, 9.17) is 11.6 Å². The van der Waals surface area contributed by atoms with E-state index in [1.54, 1.807) is 6.92 Å². The fourth-order valence-electron chi connectivity index (χ4n) is 2.61. The van der Waals surface area contributed by atoms with Gasteiger partial charge in [-0.2, -0.15) is 0 Å². The predicted octanol–water partition coefficient (Wildman–Crippen LogP) is 2.51. The molecule has 1 aromatic rings. The van der Waals surface area contributed by atoms with Crippen molar-refractivity contribution in [2.75, 3.05) is 25.0 Å². The molecule has 0 radical (unpaired) electrons. The number of carbonyl (C=O) groups is 1. The van der Waals surface area contributed by atoms with Gasteiger partial charge in [0.1, 0.15) is 5.82 Å². The lowest BCUT2D eigenvalue weighted by Crippen LogP contribution is -2.43. The van der Waals surface area contributed by atoms with E-state index in [2.05, 4.69) is 5.32 Å². The number of halogens is 2. The van der Waals surface area contributed by atoms with Gasteiger partial charge in [0.05, 0.1) is 17.7 Å². The van der Waals surface area contributed by atoms with E-state index in [-0.39, 0.29) is 29.5 Å². The van der Waals surface area contributed by atoms with Crippen molar-refractivity contribution in [2.24, 2.45) is 5.92 Å². The minimum atomic E-state index is -0.509. The SMILES string of the molecule is CC(O)C1CCCN(CC(=O)Nc2ccc(F)c(Cl)c2)C1. The first kappa shape index (κ1) is 16.2.